The summed E-state index contributed by atoms with van der Waals surface area (Å²) >= 11 is 0. The normalized spacial score (nSPS) is 17.5. The first-order chi connectivity index (χ1) is 11.3. The highest BCUT2D eigenvalue weighted by Gasteiger charge is 2.45. The lowest BCUT2D eigenvalue weighted by Crippen LogP contribution is -2.42. The van der Waals surface area contributed by atoms with Crippen LogP contribution in [0.25, 0.3) is 0 Å². The van der Waals surface area contributed by atoms with E-state index >= 15 is 0 Å². The summed E-state index contributed by atoms with van der Waals surface area (Å²) in [6.07, 6.45) is 1.58. The van der Waals surface area contributed by atoms with Gasteiger partial charge in [0.1, 0.15) is 22.1 Å². The second-order valence-corrected chi connectivity index (χ2v) is 7.70. The summed E-state index contributed by atoms with van der Waals surface area (Å²) in [6.45, 7) is -0.277. The number of aliphatic hydroxyl groups is 1. The lowest BCUT2D eigenvalue weighted by molar-refractivity contribution is 0.0185. The van der Waals surface area contributed by atoms with Crippen LogP contribution in [0.1, 0.15) is 18.4 Å². The maximum atomic E-state index is 13.7. The second-order valence-electron chi connectivity index (χ2n) is 5.96. The average molecular weight is 353 g/mol. The molecule has 1 fully saturated rings. The summed E-state index contributed by atoms with van der Waals surface area (Å²) in [5, 5.41) is 11.0. The van der Waals surface area contributed by atoms with Gasteiger partial charge in [-0.1, -0.05) is 30.3 Å². The van der Waals surface area contributed by atoms with E-state index in [9.17, 15) is 22.3 Å². The summed E-state index contributed by atoms with van der Waals surface area (Å²) in [5.41, 5.74) is -0.750. The molecule has 7 heteroatoms. The standard InChI is InChI=1S/C17H17F2NO3S/c18-14-8-9-16(15(19)10-14)24(22,23)20-11-17(21,13-6-7-13)12-4-2-1-3-5-12/h1-5,8-10,13,20-21H,6-7,11H2. The molecule has 0 amide bonds. The summed E-state index contributed by atoms with van der Waals surface area (Å²) in [7, 11) is -4.21. The molecule has 1 aliphatic carbocycles. The summed E-state index contributed by atoms with van der Waals surface area (Å²) in [4.78, 5) is -0.643. The number of halogens is 2. The zero-order valence-corrected chi connectivity index (χ0v) is 13.6. The van der Waals surface area contributed by atoms with E-state index in [4.69, 9.17) is 0 Å². The topological polar surface area (TPSA) is 66.4 Å². The first-order valence-electron chi connectivity index (χ1n) is 7.55. The Bertz CT molecular complexity index is 838. The van der Waals surface area contributed by atoms with Crippen LogP contribution in [-0.4, -0.2) is 20.1 Å². The first kappa shape index (κ1) is 17.0. The van der Waals surface area contributed by atoms with Crippen LogP contribution in [-0.2, 0) is 15.6 Å². The van der Waals surface area contributed by atoms with Gasteiger partial charge < -0.3 is 5.11 Å². The SMILES string of the molecule is O=S(=O)(NCC(O)(c1ccccc1)C1CC1)c1ccc(F)cc1F. The van der Waals surface area contributed by atoms with Crippen LogP contribution in [0.4, 0.5) is 8.78 Å². The van der Waals surface area contributed by atoms with Crippen LogP contribution in [0, 0.1) is 17.6 Å². The highest BCUT2D eigenvalue weighted by Crippen LogP contribution is 2.45. The van der Waals surface area contributed by atoms with Crippen molar-refractivity contribution in [2.75, 3.05) is 6.54 Å². The van der Waals surface area contributed by atoms with Crippen LogP contribution in [0.5, 0.6) is 0 Å². The van der Waals surface area contributed by atoms with E-state index in [2.05, 4.69) is 4.72 Å². The van der Waals surface area contributed by atoms with Crippen LogP contribution < -0.4 is 4.72 Å². The fourth-order valence-corrected chi connectivity index (χ4v) is 3.87. The highest BCUT2D eigenvalue weighted by atomic mass is 32.2. The molecule has 0 radical (unpaired) electrons. The lowest BCUT2D eigenvalue weighted by atomic mass is 9.89. The maximum Gasteiger partial charge on any atom is 0.243 e. The number of hydrogen-bond acceptors (Lipinski definition) is 3. The predicted molar refractivity (Wildman–Crippen MR) is 84.6 cm³/mol. The van der Waals surface area contributed by atoms with E-state index in [1.165, 1.54) is 0 Å². The van der Waals surface area contributed by atoms with Crippen molar-refractivity contribution in [1.29, 1.82) is 0 Å². The smallest absolute Gasteiger partial charge is 0.243 e. The minimum Gasteiger partial charge on any atom is -0.383 e. The molecule has 2 N–H and O–H groups in total. The molecule has 0 spiro atoms. The van der Waals surface area contributed by atoms with Gasteiger partial charge in [0, 0.05) is 12.6 Å². The molecule has 0 bridgehead atoms. The molecule has 0 aromatic heterocycles. The number of nitrogens with one attached hydrogen (secondary N) is 1. The summed E-state index contributed by atoms with van der Waals surface area (Å²) in [6, 6.07) is 11.0. The molecule has 1 atom stereocenters. The van der Waals surface area contributed by atoms with Gasteiger partial charge in [-0.3, -0.25) is 0 Å². The van der Waals surface area contributed by atoms with Gasteiger partial charge in [0.2, 0.25) is 10.0 Å². The van der Waals surface area contributed by atoms with Crippen molar-refractivity contribution in [1.82, 2.24) is 4.72 Å². The van der Waals surface area contributed by atoms with Crippen LogP contribution in [0.2, 0.25) is 0 Å². The molecular weight excluding hydrogens is 336 g/mol. The van der Waals surface area contributed by atoms with Crippen molar-refractivity contribution >= 4 is 10.0 Å². The Morgan fingerprint density at radius 3 is 2.38 bits per heavy atom. The van der Waals surface area contributed by atoms with Gasteiger partial charge in [-0.2, -0.15) is 0 Å². The minimum atomic E-state index is -4.21. The van der Waals surface area contributed by atoms with E-state index in [1.54, 1.807) is 30.3 Å². The zero-order valence-electron chi connectivity index (χ0n) is 12.7. The monoisotopic (exact) mass is 353 g/mol. The van der Waals surface area contributed by atoms with Gasteiger partial charge in [0.15, 0.2) is 0 Å². The molecule has 1 aliphatic rings. The Balaban J connectivity index is 1.85. The first-order valence-corrected chi connectivity index (χ1v) is 9.04. The predicted octanol–water partition coefficient (Wildman–Crippen LogP) is 2.54. The molecule has 24 heavy (non-hydrogen) atoms. The molecule has 2 aromatic rings. The van der Waals surface area contributed by atoms with Crippen LogP contribution in [0.15, 0.2) is 53.4 Å². The zero-order chi connectivity index (χ0) is 17.4. The third-order valence-electron chi connectivity index (χ3n) is 4.24. The Kier molecular flexibility index (Phi) is 4.42. The van der Waals surface area contributed by atoms with E-state index in [-0.39, 0.29) is 12.5 Å². The van der Waals surface area contributed by atoms with Gasteiger partial charge in [-0.15, -0.1) is 0 Å². The molecule has 128 valence electrons. The molecule has 2 aromatic carbocycles. The molecule has 0 saturated heterocycles. The third kappa shape index (κ3) is 3.33. The van der Waals surface area contributed by atoms with Gasteiger partial charge in [0.25, 0.3) is 0 Å². The molecule has 0 heterocycles. The molecule has 1 unspecified atom stereocenters. The van der Waals surface area contributed by atoms with Gasteiger partial charge in [-0.25, -0.2) is 21.9 Å². The van der Waals surface area contributed by atoms with Crippen molar-refractivity contribution in [2.45, 2.75) is 23.3 Å². The van der Waals surface area contributed by atoms with E-state index in [1.807, 2.05) is 0 Å². The Labute approximate surface area is 139 Å². The van der Waals surface area contributed by atoms with Crippen molar-refractivity contribution < 1.29 is 22.3 Å². The Morgan fingerprint density at radius 2 is 1.79 bits per heavy atom. The number of hydrogen-bond donors (Lipinski definition) is 2. The summed E-state index contributed by atoms with van der Waals surface area (Å²) < 4.78 is 53.5. The van der Waals surface area contributed by atoms with Gasteiger partial charge in [0.05, 0.1) is 0 Å². The maximum absolute atomic E-state index is 13.7. The number of rotatable bonds is 6. The van der Waals surface area contributed by atoms with Crippen LogP contribution >= 0.6 is 0 Å². The Hall–Kier alpha value is -1.83. The van der Waals surface area contributed by atoms with Crippen LogP contribution in [0.3, 0.4) is 0 Å². The molecule has 0 aliphatic heterocycles. The molecular formula is C17H17F2NO3S. The largest absolute Gasteiger partial charge is 0.383 e. The third-order valence-corrected chi connectivity index (χ3v) is 5.68. The second kappa shape index (κ2) is 6.23. The lowest BCUT2D eigenvalue weighted by Gasteiger charge is -2.29. The number of sulfonamides is 1. The minimum absolute atomic E-state index is 0.0549. The van der Waals surface area contributed by atoms with Gasteiger partial charge in [-0.05, 0) is 36.5 Å². The van der Waals surface area contributed by atoms with Crippen molar-refractivity contribution in [2.24, 2.45) is 5.92 Å². The molecule has 3 rings (SSSR count). The van der Waals surface area contributed by atoms with Crippen molar-refractivity contribution in [3.63, 3.8) is 0 Å². The van der Waals surface area contributed by atoms with E-state index in [0.29, 0.717) is 11.6 Å². The quantitative estimate of drug-likeness (QED) is 0.839. The van der Waals surface area contributed by atoms with E-state index < -0.39 is 32.2 Å². The van der Waals surface area contributed by atoms with Crippen molar-refractivity contribution in [3.8, 4) is 0 Å². The van der Waals surface area contributed by atoms with Crippen molar-refractivity contribution in [3.05, 3.63) is 65.7 Å². The fraction of sp³-hybridized carbons (Fsp3) is 0.294. The number of benzene rings is 2. The highest BCUT2D eigenvalue weighted by molar-refractivity contribution is 7.89. The molecule has 1 saturated carbocycles. The average Bonchev–Trinajstić information content (AvgIpc) is 3.38. The Morgan fingerprint density at radius 1 is 1.12 bits per heavy atom. The molecule has 4 nitrogen and oxygen atoms in total. The van der Waals surface area contributed by atoms with Gasteiger partial charge >= 0.3 is 0 Å². The van der Waals surface area contributed by atoms with E-state index in [0.717, 1.165) is 25.0 Å². The summed E-state index contributed by atoms with van der Waals surface area (Å²) in [5.74, 6) is -2.08. The fourth-order valence-electron chi connectivity index (χ4n) is 2.75.